The minimum atomic E-state index is -0.0611. The molecule has 2 aromatic carbocycles. The minimum absolute atomic E-state index is 0.0611. The highest BCUT2D eigenvalue weighted by Gasteiger charge is 2.40. The van der Waals surface area contributed by atoms with E-state index in [9.17, 15) is 0 Å². The SMILES string of the molecule is C(#Cc1ccccc1)/C(=C/C1=CCOC12CCCC2)c1ccccc1. The summed E-state index contributed by atoms with van der Waals surface area (Å²) in [5, 5.41) is 0. The first-order chi connectivity index (χ1) is 12.4. The highest BCUT2D eigenvalue weighted by molar-refractivity contribution is 5.81. The zero-order chi connectivity index (χ0) is 17.0. The molecule has 0 saturated heterocycles. The fraction of sp³-hybridized carbons (Fsp3) is 0.250. The van der Waals surface area contributed by atoms with Crippen molar-refractivity contribution in [1.29, 1.82) is 0 Å². The molecule has 1 aliphatic heterocycles. The molecule has 124 valence electrons. The summed E-state index contributed by atoms with van der Waals surface area (Å²) in [6, 6.07) is 20.6. The van der Waals surface area contributed by atoms with Crippen molar-refractivity contribution >= 4 is 5.57 Å². The number of hydrogen-bond donors (Lipinski definition) is 0. The molecule has 0 aromatic heterocycles. The van der Waals surface area contributed by atoms with Crippen LogP contribution in [0, 0.1) is 11.8 Å². The predicted octanol–water partition coefficient (Wildman–Crippen LogP) is 5.39. The van der Waals surface area contributed by atoms with E-state index in [-0.39, 0.29) is 5.60 Å². The maximum atomic E-state index is 6.13. The largest absolute Gasteiger partial charge is 0.366 e. The number of allylic oxidation sites excluding steroid dienone is 1. The molecule has 1 spiro atoms. The van der Waals surface area contributed by atoms with Gasteiger partial charge < -0.3 is 4.74 Å². The molecule has 25 heavy (non-hydrogen) atoms. The van der Waals surface area contributed by atoms with E-state index < -0.39 is 0 Å². The van der Waals surface area contributed by atoms with Gasteiger partial charge in [-0.25, -0.2) is 0 Å². The number of rotatable bonds is 2. The van der Waals surface area contributed by atoms with Gasteiger partial charge in [-0.3, -0.25) is 0 Å². The Labute approximate surface area is 150 Å². The Hall–Kier alpha value is -2.56. The molecular formula is C24H22O. The van der Waals surface area contributed by atoms with Crippen molar-refractivity contribution in [2.75, 3.05) is 6.61 Å². The van der Waals surface area contributed by atoms with Crippen LogP contribution in [-0.4, -0.2) is 12.2 Å². The van der Waals surface area contributed by atoms with Crippen LogP contribution in [0.15, 0.2) is 78.4 Å². The van der Waals surface area contributed by atoms with Crippen molar-refractivity contribution in [2.24, 2.45) is 0 Å². The molecule has 1 heterocycles. The van der Waals surface area contributed by atoms with Gasteiger partial charge in [0.05, 0.1) is 12.2 Å². The molecule has 0 N–H and O–H groups in total. The van der Waals surface area contributed by atoms with Gasteiger partial charge in [-0.1, -0.05) is 79.3 Å². The quantitative estimate of drug-likeness (QED) is 0.672. The molecule has 0 unspecified atom stereocenters. The minimum Gasteiger partial charge on any atom is -0.366 e. The van der Waals surface area contributed by atoms with Crippen LogP contribution in [-0.2, 0) is 4.74 Å². The van der Waals surface area contributed by atoms with E-state index in [4.69, 9.17) is 4.74 Å². The second-order valence-electron chi connectivity index (χ2n) is 6.71. The lowest BCUT2D eigenvalue weighted by Crippen LogP contribution is -2.26. The Morgan fingerprint density at radius 3 is 2.32 bits per heavy atom. The molecule has 1 nitrogen and oxygen atoms in total. The molecule has 4 rings (SSSR count). The van der Waals surface area contributed by atoms with Gasteiger partial charge in [0.2, 0.25) is 0 Å². The lowest BCUT2D eigenvalue weighted by atomic mass is 9.90. The van der Waals surface area contributed by atoms with E-state index >= 15 is 0 Å². The van der Waals surface area contributed by atoms with Crippen LogP contribution in [0.25, 0.3) is 5.57 Å². The van der Waals surface area contributed by atoms with Gasteiger partial charge in [0, 0.05) is 11.1 Å². The summed E-state index contributed by atoms with van der Waals surface area (Å²) in [4.78, 5) is 0. The van der Waals surface area contributed by atoms with Crippen LogP contribution < -0.4 is 0 Å². The van der Waals surface area contributed by atoms with E-state index in [0.29, 0.717) is 0 Å². The lowest BCUT2D eigenvalue weighted by Gasteiger charge is -2.25. The summed E-state index contributed by atoms with van der Waals surface area (Å²) in [5.74, 6) is 6.71. The number of ether oxygens (including phenoxy) is 1. The summed E-state index contributed by atoms with van der Waals surface area (Å²) in [7, 11) is 0. The second-order valence-corrected chi connectivity index (χ2v) is 6.71. The molecule has 1 aliphatic carbocycles. The number of benzene rings is 2. The van der Waals surface area contributed by atoms with Gasteiger partial charge >= 0.3 is 0 Å². The molecule has 1 saturated carbocycles. The monoisotopic (exact) mass is 326 g/mol. The normalized spacial score (nSPS) is 18.7. The highest BCUT2D eigenvalue weighted by atomic mass is 16.5. The van der Waals surface area contributed by atoms with Crippen LogP contribution in [0.1, 0.15) is 36.8 Å². The van der Waals surface area contributed by atoms with Crippen molar-refractivity contribution < 1.29 is 4.74 Å². The van der Waals surface area contributed by atoms with Crippen LogP contribution in [0.5, 0.6) is 0 Å². The second kappa shape index (κ2) is 7.13. The fourth-order valence-electron chi connectivity index (χ4n) is 3.76. The van der Waals surface area contributed by atoms with Gasteiger partial charge in [-0.2, -0.15) is 0 Å². The average Bonchev–Trinajstić information content (AvgIpc) is 3.30. The van der Waals surface area contributed by atoms with Gasteiger partial charge in [-0.15, -0.1) is 0 Å². The third kappa shape index (κ3) is 3.45. The first-order valence-corrected chi connectivity index (χ1v) is 9.05. The zero-order valence-electron chi connectivity index (χ0n) is 14.4. The fourth-order valence-corrected chi connectivity index (χ4v) is 3.76. The molecule has 1 heteroatoms. The molecule has 2 aromatic rings. The van der Waals surface area contributed by atoms with E-state index in [1.165, 1.54) is 18.4 Å². The van der Waals surface area contributed by atoms with E-state index in [2.05, 4.69) is 48.3 Å². The Balaban J connectivity index is 1.72. The molecule has 0 radical (unpaired) electrons. The predicted molar refractivity (Wildman–Crippen MR) is 103 cm³/mol. The average molecular weight is 326 g/mol. The van der Waals surface area contributed by atoms with Gasteiger partial charge in [0.25, 0.3) is 0 Å². The van der Waals surface area contributed by atoms with Crippen LogP contribution in [0.4, 0.5) is 0 Å². The summed E-state index contributed by atoms with van der Waals surface area (Å²) >= 11 is 0. The molecule has 0 atom stereocenters. The first-order valence-electron chi connectivity index (χ1n) is 9.05. The van der Waals surface area contributed by atoms with E-state index in [0.717, 1.165) is 36.1 Å². The summed E-state index contributed by atoms with van der Waals surface area (Å²) in [6.07, 6.45) is 9.25. The van der Waals surface area contributed by atoms with E-state index in [1.54, 1.807) is 0 Å². The lowest BCUT2D eigenvalue weighted by molar-refractivity contribution is 0.0268. The highest BCUT2D eigenvalue weighted by Crippen LogP contribution is 2.43. The van der Waals surface area contributed by atoms with Crippen molar-refractivity contribution in [3.05, 3.63) is 89.5 Å². The van der Waals surface area contributed by atoms with Crippen LogP contribution >= 0.6 is 0 Å². The van der Waals surface area contributed by atoms with Crippen LogP contribution in [0.2, 0.25) is 0 Å². The maximum absolute atomic E-state index is 6.13. The van der Waals surface area contributed by atoms with Crippen molar-refractivity contribution in [1.82, 2.24) is 0 Å². The van der Waals surface area contributed by atoms with Gasteiger partial charge in [0.15, 0.2) is 0 Å². The summed E-state index contributed by atoms with van der Waals surface area (Å²) in [6.45, 7) is 0.722. The Bertz CT molecular complexity index is 841. The van der Waals surface area contributed by atoms with Gasteiger partial charge in [0.1, 0.15) is 0 Å². The summed E-state index contributed by atoms with van der Waals surface area (Å²) in [5.41, 5.74) is 4.51. The molecule has 0 bridgehead atoms. The van der Waals surface area contributed by atoms with Gasteiger partial charge in [-0.05, 0) is 42.2 Å². The van der Waals surface area contributed by atoms with Crippen molar-refractivity contribution in [3.8, 4) is 11.8 Å². The first kappa shape index (κ1) is 15.9. The third-order valence-corrected chi connectivity index (χ3v) is 5.10. The van der Waals surface area contributed by atoms with Crippen molar-refractivity contribution in [2.45, 2.75) is 31.3 Å². The van der Waals surface area contributed by atoms with E-state index in [1.807, 2.05) is 36.4 Å². The number of hydrogen-bond acceptors (Lipinski definition) is 1. The Kier molecular flexibility index (Phi) is 4.55. The summed E-state index contributed by atoms with van der Waals surface area (Å²) < 4.78 is 6.13. The Morgan fingerprint density at radius 2 is 1.60 bits per heavy atom. The maximum Gasteiger partial charge on any atom is 0.0933 e. The molecule has 2 aliphatic rings. The Morgan fingerprint density at radius 1 is 0.920 bits per heavy atom. The topological polar surface area (TPSA) is 9.23 Å². The third-order valence-electron chi connectivity index (χ3n) is 5.10. The molecule has 0 amide bonds. The zero-order valence-corrected chi connectivity index (χ0v) is 14.4. The van der Waals surface area contributed by atoms with Crippen LogP contribution in [0.3, 0.4) is 0 Å². The standard InChI is InChI=1S/C24H22O/c1-3-9-20(10-4-1)13-14-22(21-11-5-2-6-12-21)19-23-15-18-25-24(23)16-7-8-17-24/h1-6,9-12,15,19H,7-8,16-18H2/b22-19-. The van der Waals surface area contributed by atoms with Crippen molar-refractivity contribution in [3.63, 3.8) is 0 Å². The smallest absolute Gasteiger partial charge is 0.0933 e. The molecular weight excluding hydrogens is 304 g/mol. The molecule has 1 fully saturated rings.